The number of benzene rings is 1. The highest BCUT2D eigenvalue weighted by Gasteiger charge is 2.38. The molecule has 1 aromatic rings. The molecule has 2 radical (unpaired) electrons. The van der Waals surface area contributed by atoms with Crippen LogP contribution in [-0.4, -0.2) is 43.0 Å². The van der Waals surface area contributed by atoms with Crippen molar-refractivity contribution in [2.75, 3.05) is 0 Å². The second kappa shape index (κ2) is 6.75. The van der Waals surface area contributed by atoms with E-state index in [0.717, 1.165) is 11.0 Å². The second-order valence-electron chi connectivity index (χ2n) is 5.12. The van der Waals surface area contributed by atoms with Crippen LogP contribution in [0.3, 0.4) is 0 Å². The third kappa shape index (κ3) is 3.84. The summed E-state index contributed by atoms with van der Waals surface area (Å²) in [6, 6.07) is 6.53. The summed E-state index contributed by atoms with van der Waals surface area (Å²) >= 11 is 0. The molecule has 5 nitrogen and oxygen atoms in total. The molecule has 0 saturated carbocycles. The van der Waals surface area contributed by atoms with Crippen molar-refractivity contribution in [2.24, 2.45) is 0 Å². The third-order valence-corrected chi connectivity index (χ3v) is 4.80. The van der Waals surface area contributed by atoms with Crippen LogP contribution < -0.4 is 0 Å². The van der Waals surface area contributed by atoms with Crippen LogP contribution in [0.25, 0.3) is 0 Å². The lowest BCUT2D eigenvalue weighted by Gasteiger charge is -2.09. The van der Waals surface area contributed by atoms with E-state index >= 15 is 0 Å². The minimum Gasteiger partial charge on any atom is -0.388 e. The van der Waals surface area contributed by atoms with Gasteiger partial charge in [0.25, 0.3) is 0 Å². The van der Waals surface area contributed by atoms with Gasteiger partial charge >= 0.3 is 0 Å². The number of hydrogen-bond donors (Lipinski definition) is 2. The molecule has 22 heavy (non-hydrogen) atoms. The minimum atomic E-state index is -3.52. The summed E-state index contributed by atoms with van der Waals surface area (Å²) in [4.78, 5) is 0.206. The molecule has 1 aromatic carbocycles. The lowest BCUT2D eigenvalue weighted by Crippen LogP contribution is -2.30. The molecular weight excluding hydrogens is 304 g/mol. The zero-order valence-corrected chi connectivity index (χ0v) is 12.8. The van der Waals surface area contributed by atoms with Crippen molar-refractivity contribution in [3.63, 3.8) is 0 Å². The van der Waals surface area contributed by atoms with Gasteiger partial charge in [-0.25, -0.2) is 8.42 Å². The lowest BCUT2D eigenvalue weighted by atomic mass is 10.1. The van der Waals surface area contributed by atoms with E-state index in [4.69, 9.17) is 11.7 Å². The van der Waals surface area contributed by atoms with Crippen LogP contribution in [0.15, 0.2) is 52.8 Å². The second-order valence-corrected chi connectivity index (χ2v) is 6.95. The lowest BCUT2D eigenvalue weighted by molar-refractivity contribution is 0.0390. The van der Waals surface area contributed by atoms with Crippen molar-refractivity contribution in [1.82, 2.24) is 0 Å². The molecule has 1 saturated heterocycles. The molecule has 1 unspecified atom stereocenters. The Labute approximate surface area is 130 Å². The van der Waals surface area contributed by atoms with E-state index < -0.39 is 34.3 Å². The number of hydrogen-bond acceptors (Lipinski definition) is 5. The Balaban J connectivity index is 2.03. The number of aliphatic hydroxyl groups excluding tert-OH is 2. The van der Waals surface area contributed by atoms with E-state index in [9.17, 15) is 18.6 Å². The first-order valence-electron chi connectivity index (χ1n) is 6.75. The maximum Gasteiger partial charge on any atom is 0.199 e. The minimum absolute atomic E-state index is 0.206. The quantitative estimate of drug-likeness (QED) is 0.809. The smallest absolute Gasteiger partial charge is 0.199 e. The fourth-order valence-corrected chi connectivity index (χ4v) is 2.99. The van der Waals surface area contributed by atoms with Crippen LogP contribution in [-0.2, 0) is 14.6 Å². The largest absolute Gasteiger partial charge is 0.388 e. The average Bonchev–Trinajstić information content (AvgIpc) is 2.71. The number of sulfone groups is 1. The molecule has 2 rings (SSSR count). The summed E-state index contributed by atoms with van der Waals surface area (Å²) in [7, 11) is -3.52. The molecule has 0 amide bonds. The van der Waals surface area contributed by atoms with E-state index in [1.54, 1.807) is 12.1 Å². The number of rotatable bonds is 4. The van der Waals surface area contributed by atoms with Crippen LogP contribution in [0, 0.1) is 13.8 Å². The van der Waals surface area contributed by atoms with Crippen LogP contribution in [0.5, 0.6) is 0 Å². The number of ether oxygens (including phenoxy) is 1. The molecule has 0 spiro atoms. The Morgan fingerprint density at radius 3 is 2.32 bits per heavy atom. The number of aliphatic hydroxyl groups is 2. The van der Waals surface area contributed by atoms with Gasteiger partial charge in [-0.15, -0.1) is 0 Å². The van der Waals surface area contributed by atoms with E-state index in [1.807, 2.05) is 6.92 Å². The first-order valence-corrected chi connectivity index (χ1v) is 8.30. The van der Waals surface area contributed by atoms with Crippen molar-refractivity contribution < 1.29 is 23.4 Å². The third-order valence-electron chi connectivity index (χ3n) is 3.36. The van der Waals surface area contributed by atoms with Crippen molar-refractivity contribution in [2.45, 2.75) is 36.2 Å². The zero-order valence-electron chi connectivity index (χ0n) is 12.0. The van der Waals surface area contributed by atoms with Gasteiger partial charge in [0.15, 0.2) is 9.84 Å². The van der Waals surface area contributed by atoms with Gasteiger partial charge in [0.1, 0.15) is 18.3 Å². The van der Waals surface area contributed by atoms with Crippen molar-refractivity contribution in [3.8, 4) is 0 Å². The number of aryl methyl sites for hydroxylation is 1. The van der Waals surface area contributed by atoms with Gasteiger partial charge in [-0.3, -0.25) is 0 Å². The molecule has 1 fully saturated rings. The maximum absolute atomic E-state index is 12.0. The molecule has 1 aliphatic heterocycles. The number of allylic oxidation sites excluding steroid dienone is 2. The standard InChI is InChI=1S/C16H18O5S/c1-11-6-8-13(9-7-11)22(19,20)10-4-3-5-14-16(18)15(17)12(2)21-14/h2-10,12,14-18H,1H3/b5-3+,10-4+/t12-,14+,15?,16-/m0/s1. The summed E-state index contributed by atoms with van der Waals surface area (Å²) < 4.78 is 29.2. The molecule has 0 aliphatic carbocycles. The van der Waals surface area contributed by atoms with E-state index in [-0.39, 0.29) is 4.90 Å². The first-order chi connectivity index (χ1) is 10.3. The van der Waals surface area contributed by atoms with E-state index in [2.05, 4.69) is 0 Å². The molecular formula is C16H18O5S. The van der Waals surface area contributed by atoms with Gasteiger partial charge in [-0.1, -0.05) is 35.9 Å². The van der Waals surface area contributed by atoms with Gasteiger partial charge in [0.2, 0.25) is 0 Å². The topological polar surface area (TPSA) is 83.8 Å². The highest BCUT2D eigenvalue weighted by atomic mass is 32.2. The summed E-state index contributed by atoms with van der Waals surface area (Å²) in [5.74, 6) is 0. The predicted molar refractivity (Wildman–Crippen MR) is 81.6 cm³/mol. The van der Waals surface area contributed by atoms with Crippen LogP contribution in [0.4, 0.5) is 0 Å². The van der Waals surface area contributed by atoms with Gasteiger partial charge < -0.3 is 14.9 Å². The molecule has 0 bridgehead atoms. The normalized spacial score (nSPS) is 29.6. The van der Waals surface area contributed by atoms with Gasteiger partial charge in [0.05, 0.1) is 11.0 Å². The summed E-state index contributed by atoms with van der Waals surface area (Å²) in [5.41, 5.74) is 0.977. The zero-order chi connectivity index (χ0) is 16.3. The average molecular weight is 322 g/mol. The van der Waals surface area contributed by atoms with Crippen molar-refractivity contribution >= 4 is 9.84 Å². The summed E-state index contributed by atoms with van der Waals surface area (Å²) in [5, 5.41) is 20.1. The SMILES string of the molecule is [CH][C@@H]1O[C@H](/C=C/C=C/S(=O)(=O)c2ccc(C)cc2)[C@H](O)C1O. The van der Waals surface area contributed by atoms with Gasteiger partial charge in [-0.2, -0.15) is 0 Å². The summed E-state index contributed by atoms with van der Waals surface area (Å²) in [6.45, 7) is 7.32. The summed E-state index contributed by atoms with van der Waals surface area (Å²) in [6.07, 6.45) is 0.207. The molecule has 2 N–H and O–H groups in total. The molecule has 6 heteroatoms. The molecule has 0 aromatic heterocycles. The van der Waals surface area contributed by atoms with E-state index in [0.29, 0.717) is 0 Å². The molecule has 1 heterocycles. The fraction of sp³-hybridized carbons (Fsp3) is 0.312. The van der Waals surface area contributed by atoms with Crippen molar-refractivity contribution in [3.05, 3.63) is 60.4 Å². The maximum atomic E-state index is 12.0. The Kier molecular flexibility index (Phi) is 5.18. The Morgan fingerprint density at radius 2 is 1.77 bits per heavy atom. The monoisotopic (exact) mass is 322 g/mol. The Hall–Kier alpha value is -1.47. The first kappa shape index (κ1) is 16.9. The Morgan fingerprint density at radius 1 is 1.14 bits per heavy atom. The van der Waals surface area contributed by atoms with Gasteiger partial charge in [0, 0.05) is 5.41 Å². The predicted octanol–water partition coefficient (Wildman–Crippen LogP) is 1.04. The molecule has 118 valence electrons. The van der Waals surface area contributed by atoms with Crippen LogP contribution in [0.2, 0.25) is 0 Å². The van der Waals surface area contributed by atoms with Crippen LogP contribution >= 0.6 is 0 Å². The van der Waals surface area contributed by atoms with Crippen molar-refractivity contribution in [1.29, 1.82) is 0 Å². The van der Waals surface area contributed by atoms with Crippen LogP contribution in [0.1, 0.15) is 5.56 Å². The highest BCUT2D eigenvalue weighted by Crippen LogP contribution is 2.21. The van der Waals surface area contributed by atoms with Gasteiger partial charge in [-0.05, 0) is 26.0 Å². The molecule has 1 aliphatic rings. The van der Waals surface area contributed by atoms with E-state index in [1.165, 1.54) is 30.4 Å². The highest BCUT2D eigenvalue weighted by molar-refractivity contribution is 7.94. The Bertz CT molecular complexity index is 660. The fourth-order valence-electron chi connectivity index (χ4n) is 2.02. The molecule has 4 atom stereocenters.